The zero-order chi connectivity index (χ0) is 17.1. The van der Waals surface area contributed by atoms with Gasteiger partial charge in [-0.3, -0.25) is 4.99 Å². The quantitative estimate of drug-likeness (QED) is 0.620. The van der Waals surface area contributed by atoms with Crippen LogP contribution in [0.5, 0.6) is 0 Å². The maximum absolute atomic E-state index is 6.08. The fourth-order valence-electron chi connectivity index (χ4n) is 2.66. The minimum Gasteiger partial charge on any atom is -0.353 e. The standard InChI is InChI=1S/C18H23ClN4S/c1-11(2)16-10-24-17(22-16)9-21-18(20-3)23-15-8-14(15)12-5-4-6-13(19)7-12/h4-7,10-11,14-15H,8-9H2,1-3H3,(H2,20,21,23). The molecule has 4 nitrogen and oxygen atoms in total. The summed E-state index contributed by atoms with van der Waals surface area (Å²) >= 11 is 7.77. The fourth-order valence-corrected chi connectivity index (χ4v) is 3.76. The van der Waals surface area contributed by atoms with Gasteiger partial charge < -0.3 is 10.6 Å². The third-order valence-corrected chi connectivity index (χ3v) is 5.28. The van der Waals surface area contributed by atoms with Crippen LogP contribution in [0.1, 0.15) is 48.4 Å². The van der Waals surface area contributed by atoms with Crippen LogP contribution in [0, 0.1) is 0 Å². The summed E-state index contributed by atoms with van der Waals surface area (Å²) in [5, 5.41) is 10.9. The zero-order valence-corrected chi connectivity index (χ0v) is 15.8. The van der Waals surface area contributed by atoms with Crippen LogP contribution in [-0.2, 0) is 6.54 Å². The van der Waals surface area contributed by atoms with Crippen molar-refractivity contribution >= 4 is 28.9 Å². The van der Waals surface area contributed by atoms with Gasteiger partial charge in [-0.25, -0.2) is 4.98 Å². The van der Waals surface area contributed by atoms with Crippen LogP contribution < -0.4 is 10.6 Å². The van der Waals surface area contributed by atoms with Crippen LogP contribution in [-0.4, -0.2) is 24.0 Å². The molecule has 1 aliphatic carbocycles. The molecule has 128 valence electrons. The average molecular weight is 363 g/mol. The second-order valence-corrected chi connectivity index (χ2v) is 7.77. The maximum atomic E-state index is 6.08. The summed E-state index contributed by atoms with van der Waals surface area (Å²) in [6, 6.07) is 8.52. The van der Waals surface area contributed by atoms with Gasteiger partial charge in [-0.05, 0) is 30.0 Å². The van der Waals surface area contributed by atoms with Crippen molar-refractivity contribution in [3.05, 3.63) is 50.9 Å². The Morgan fingerprint density at radius 1 is 1.46 bits per heavy atom. The van der Waals surface area contributed by atoms with E-state index in [1.807, 2.05) is 18.2 Å². The minimum absolute atomic E-state index is 0.414. The second kappa shape index (κ2) is 7.53. The first-order chi connectivity index (χ1) is 11.6. The van der Waals surface area contributed by atoms with E-state index in [4.69, 9.17) is 11.6 Å². The number of aliphatic imine (C=N–C) groups is 1. The van der Waals surface area contributed by atoms with Gasteiger partial charge in [0.1, 0.15) is 5.01 Å². The predicted octanol–water partition coefficient (Wildman–Crippen LogP) is 4.14. The highest BCUT2D eigenvalue weighted by atomic mass is 35.5. The van der Waals surface area contributed by atoms with E-state index >= 15 is 0 Å². The molecule has 1 aromatic carbocycles. The number of hydrogen-bond acceptors (Lipinski definition) is 3. The Labute approximate surface area is 152 Å². The van der Waals surface area contributed by atoms with Crippen LogP contribution in [0.3, 0.4) is 0 Å². The molecule has 0 spiro atoms. The first-order valence-corrected chi connectivity index (χ1v) is 9.49. The lowest BCUT2D eigenvalue weighted by Gasteiger charge is -2.11. The number of nitrogens with zero attached hydrogens (tertiary/aromatic N) is 2. The number of aromatic nitrogens is 1. The molecule has 1 fully saturated rings. The van der Waals surface area contributed by atoms with Crippen LogP contribution in [0.15, 0.2) is 34.6 Å². The van der Waals surface area contributed by atoms with Gasteiger partial charge in [0.15, 0.2) is 5.96 Å². The summed E-state index contributed by atoms with van der Waals surface area (Å²) in [7, 11) is 1.80. The Balaban J connectivity index is 1.51. The van der Waals surface area contributed by atoms with Crippen molar-refractivity contribution in [2.45, 2.75) is 44.7 Å². The minimum atomic E-state index is 0.414. The molecule has 1 aliphatic rings. The molecule has 2 unspecified atom stereocenters. The Kier molecular flexibility index (Phi) is 5.41. The molecular formula is C18H23ClN4S. The van der Waals surface area contributed by atoms with E-state index in [-0.39, 0.29) is 0 Å². The summed E-state index contributed by atoms with van der Waals surface area (Å²) in [5.74, 6) is 1.80. The van der Waals surface area contributed by atoms with Gasteiger partial charge in [-0.15, -0.1) is 11.3 Å². The molecule has 1 saturated carbocycles. The van der Waals surface area contributed by atoms with Crippen molar-refractivity contribution < 1.29 is 0 Å². The van der Waals surface area contributed by atoms with E-state index < -0.39 is 0 Å². The van der Waals surface area contributed by atoms with E-state index in [9.17, 15) is 0 Å². The van der Waals surface area contributed by atoms with Crippen molar-refractivity contribution in [1.82, 2.24) is 15.6 Å². The predicted molar refractivity (Wildman–Crippen MR) is 102 cm³/mol. The highest BCUT2D eigenvalue weighted by Gasteiger charge is 2.39. The highest BCUT2D eigenvalue weighted by Crippen LogP contribution is 2.41. The molecule has 2 atom stereocenters. The van der Waals surface area contributed by atoms with Gasteiger partial charge in [0.05, 0.1) is 12.2 Å². The van der Waals surface area contributed by atoms with Crippen molar-refractivity contribution in [2.75, 3.05) is 7.05 Å². The van der Waals surface area contributed by atoms with Gasteiger partial charge in [0.2, 0.25) is 0 Å². The Bertz CT molecular complexity index is 725. The number of nitrogens with one attached hydrogen (secondary N) is 2. The zero-order valence-electron chi connectivity index (χ0n) is 14.2. The SMILES string of the molecule is CN=C(NCc1nc(C(C)C)cs1)NC1CC1c1cccc(Cl)c1. The summed E-state index contributed by atoms with van der Waals surface area (Å²) in [6.45, 7) is 5.03. The molecule has 1 heterocycles. The van der Waals surface area contributed by atoms with E-state index in [1.54, 1.807) is 18.4 Å². The summed E-state index contributed by atoms with van der Waals surface area (Å²) < 4.78 is 0. The lowest BCUT2D eigenvalue weighted by Crippen LogP contribution is -2.38. The smallest absolute Gasteiger partial charge is 0.191 e. The second-order valence-electron chi connectivity index (χ2n) is 6.39. The molecule has 24 heavy (non-hydrogen) atoms. The number of halogens is 1. The van der Waals surface area contributed by atoms with Gasteiger partial charge in [-0.1, -0.05) is 37.6 Å². The Morgan fingerprint density at radius 3 is 2.96 bits per heavy atom. The molecule has 2 N–H and O–H groups in total. The number of hydrogen-bond donors (Lipinski definition) is 2. The highest BCUT2D eigenvalue weighted by molar-refractivity contribution is 7.09. The molecule has 0 aliphatic heterocycles. The van der Waals surface area contributed by atoms with Crippen LogP contribution >= 0.6 is 22.9 Å². The molecule has 0 saturated heterocycles. The van der Waals surface area contributed by atoms with Gasteiger partial charge >= 0.3 is 0 Å². The molecule has 6 heteroatoms. The first kappa shape index (κ1) is 17.2. The van der Waals surface area contributed by atoms with Crippen molar-refractivity contribution in [3.63, 3.8) is 0 Å². The molecule has 0 bridgehead atoms. The molecular weight excluding hydrogens is 340 g/mol. The number of rotatable bonds is 5. The molecule has 0 radical (unpaired) electrons. The average Bonchev–Trinajstić information content (AvgIpc) is 3.16. The lowest BCUT2D eigenvalue weighted by atomic mass is 10.1. The van der Waals surface area contributed by atoms with Crippen molar-refractivity contribution in [1.29, 1.82) is 0 Å². The summed E-state index contributed by atoms with van der Waals surface area (Å²) in [5.41, 5.74) is 2.44. The Morgan fingerprint density at radius 2 is 2.29 bits per heavy atom. The van der Waals surface area contributed by atoms with Gasteiger partial charge in [0, 0.05) is 29.4 Å². The molecule has 1 aromatic heterocycles. The lowest BCUT2D eigenvalue weighted by molar-refractivity contribution is 0.775. The topological polar surface area (TPSA) is 49.3 Å². The van der Waals surface area contributed by atoms with Crippen molar-refractivity contribution in [3.8, 4) is 0 Å². The van der Waals surface area contributed by atoms with Gasteiger partial charge in [-0.2, -0.15) is 0 Å². The van der Waals surface area contributed by atoms with E-state index in [0.29, 0.717) is 24.4 Å². The van der Waals surface area contributed by atoms with E-state index in [2.05, 4.69) is 45.9 Å². The third kappa shape index (κ3) is 4.28. The van der Waals surface area contributed by atoms with Gasteiger partial charge in [0.25, 0.3) is 0 Å². The van der Waals surface area contributed by atoms with E-state index in [1.165, 1.54) is 5.56 Å². The van der Waals surface area contributed by atoms with Crippen molar-refractivity contribution in [2.24, 2.45) is 4.99 Å². The third-order valence-electron chi connectivity index (χ3n) is 4.18. The summed E-state index contributed by atoms with van der Waals surface area (Å²) in [4.78, 5) is 8.96. The van der Waals surface area contributed by atoms with E-state index in [0.717, 1.165) is 28.1 Å². The van der Waals surface area contributed by atoms with Crippen LogP contribution in [0.2, 0.25) is 5.02 Å². The molecule has 3 rings (SSSR count). The monoisotopic (exact) mass is 362 g/mol. The normalized spacial score (nSPS) is 20.3. The molecule has 0 amide bonds. The maximum Gasteiger partial charge on any atom is 0.191 e. The number of benzene rings is 1. The van der Waals surface area contributed by atoms with Crippen LogP contribution in [0.25, 0.3) is 0 Å². The Hall–Kier alpha value is -1.59. The summed E-state index contributed by atoms with van der Waals surface area (Å²) in [6.07, 6.45) is 1.11. The number of guanidine groups is 1. The number of thiazole rings is 1. The largest absolute Gasteiger partial charge is 0.353 e. The first-order valence-electron chi connectivity index (χ1n) is 8.23. The van der Waals surface area contributed by atoms with Crippen LogP contribution in [0.4, 0.5) is 0 Å². The fraction of sp³-hybridized carbons (Fsp3) is 0.444. The molecule has 2 aromatic rings.